The Morgan fingerprint density at radius 1 is 0.824 bits per heavy atom. The van der Waals surface area contributed by atoms with Gasteiger partial charge in [0.05, 0.1) is 0 Å². The molecule has 1 aromatic rings. The highest BCUT2D eigenvalue weighted by molar-refractivity contribution is 5.35. The summed E-state index contributed by atoms with van der Waals surface area (Å²) in [7, 11) is 0. The van der Waals surface area contributed by atoms with Gasteiger partial charge in [0.25, 0.3) is 0 Å². The molecule has 0 saturated heterocycles. The maximum absolute atomic E-state index is 2.38. The number of hydrogen-bond acceptors (Lipinski definition) is 0. The Kier molecular flexibility index (Phi) is 1.42. The van der Waals surface area contributed by atoms with Crippen LogP contribution in [0.3, 0.4) is 0 Å². The fourth-order valence-corrected chi connectivity index (χ4v) is 6.69. The number of hydrogen-bond donors (Lipinski definition) is 0. The molecule has 88 valence electrons. The van der Waals surface area contributed by atoms with Gasteiger partial charge in [0, 0.05) is 0 Å². The average Bonchev–Trinajstić information content (AvgIpc) is 2.60. The molecule has 5 fully saturated rings. The zero-order chi connectivity index (χ0) is 11.1. The van der Waals surface area contributed by atoms with Gasteiger partial charge in [-0.2, -0.15) is 0 Å². The molecule has 0 radical (unpaired) electrons. The summed E-state index contributed by atoms with van der Waals surface area (Å²) >= 11 is 0. The molecule has 5 aliphatic carbocycles. The summed E-state index contributed by atoms with van der Waals surface area (Å²) in [4.78, 5) is 0. The summed E-state index contributed by atoms with van der Waals surface area (Å²) in [5.41, 5.74) is 3.23. The highest BCUT2D eigenvalue weighted by Crippen LogP contribution is 2.85. The lowest BCUT2D eigenvalue weighted by Gasteiger charge is -2.58. The quantitative estimate of drug-likeness (QED) is 0.664. The molecule has 0 heterocycles. The molecule has 4 bridgehead atoms. The Hall–Kier alpha value is -0.780. The van der Waals surface area contributed by atoms with Crippen LogP contribution < -0.4 is 0 Å². The summed E-state index contributed by atoms with van der Waals surface area (Å²) in [6, 6.07) is 11.4. The maximum atomic E-state index is 2.38. The van der Waals surface area contributed by atoms with Crippen molar-refractivity contribution < 1.29 is 0 Å². The Morgan fingerprint density at radius 3 is 2.24 bits per heavy atom. The van der Waals surface area contributed by atoms with E-state index in [4.69, 9.17) is 0 Å². The minimum atomic E-state index is 0.766. The van der Waals surface area contributed by atoms with Crippen molar-refractivity contribution in [2.45, 2.75) is 44.4 Å². The van der Waals surface area contributed by atoms with Crippen LogP contribution in [0.25, 0.3) is 0 Å². The predicted molar refractivity (Wildman–Crippen MR) is 68.7 cm³/mol. The first-order valence-corrected chi connectivity index (χ1v) is 7.36. The molecule has 3 atom stereocenters. The van der Waals surface area contributed by atoms with Gasteiger partial charge >= 0.3 is 0 Å². The van der Waals surface area contributed by atoms with E-state index in [1.807, 2.05) is 0 Å². The molecule has 0 aromatic heterocycles. The molecule has 0 aliphatic heterocycles. The van der Waals surface area contributed by atoms with E-state index in [0.29, 0.717) is 0 Å². The van der Waals surface area contributed by atoms with Crippen molar-refractivity contribution >= 4 is 0 Å². The van der Waals surface area contributed by atoms with Gasteiger partial charge in [-0.15, -0.1) is 0 Å². The minimum absolute atomic E-state index is 0.766. The van der Waals surface area contributed by atoms with Crippen molar-refractivity contribution in [2.75, 3.05) is 0 Å². The lowest BCUT2D eigenvalue weighted by Crippen LogP contribution is -2.49. The summed E-state index contributed by atoms with van der Waals surface area (Å²) in [5.74, 6) is 3.13. The van der Waals surface area contributed by atoms with Crippen LogP contribution in [0.4, 0.5) is 0 Å². The van der Waals surface area contributed by atoms with Crippen molar-refractivity contribution in [3.63, 3.8) is 0 Å². The third-order valence-electron chi connectivity index (χ3n) is 6.85. The zero-order valence-corrected chi connectivity index (χ0v) is 10.4. The summed E-state index contributed by atoms with van der Waals surface area (Å²) in [6.07, 6.45) is 9.42. The van der Waals surface area contributed by atoms with Crippen molar-refractivity contribution in [3.05, 3.63) is 35.9 Å². The average molecular weight is 224 g/mol. The van der Waals surface area contributed by atoms with Gasteiger partial charge < -0.3 is 0 Å². The first kappa shape index (κ1) is 9.19. The largest absolute Gasteiger partial charge is 0.0622 e. The Labute approximate surface area is 103 Å². The van der Waals surface area contributed by atoms with Gasteiger partial charge in [-0.25, -0.2) is 0 Å². The van der Waals surface area contributed by atoms with Crippen molar-refractivity contribution in [1.82, 2.24) is 0 Å². The fraction of sp³-hybridized carbons (Fsp3) is 0.647. The predicted octanol–water partition coefficient (Wildman–Crippen LogP) is 4.37. The van der Waals surface area contributed by atoms with Crippen molar-refractivity contribution in [3.8, 4) is 0 Å². The van der Waals surface area contributed by atoms with Crippen LogP contribution in [0.5, 0.6) is 0 Å². The molecule has 0 amide bonds. The molecular formula is C17H20. The van der Waals surface area contributed by atoms with Crippen LogP contribution >= 0.6 is 0 Å². The Balaban J connectivity index is 1.61. The van der Waals surface area contributed by atoms with E-state index in [0.717, 1.165) is 28.6 Å². The molecular weight excluding hydrogens is 204 g/mol. The molecule has 5 saturated carbocycles. The third kappa shape index (κ3) is 0.872. The Morgan fingerprint density at radius 2 is 1.53 bits per heavy atom. The highest BCUT2D eigenvalue weighted by Gasteiger charge is 2.75. The highest BCUT2D eigenvalue weighted by atomic mass is 14.8. The second-order valence-corrected chi connectivity index (χ2v) is 7.39. The van der Waals surface area contributed by atoms with E-state index in [9.17, 15) is 0 Å². The fourth-order valence-electron chi connectivity index (χ4n) is 6.69. The van der Waals surface area contributed by atoms with Crippen LogP contribution in [-0.2, 0) is 0 Å². The summed E-state index contributed by atoms with van der Waals surface area (Å²) in [6.45, 7) is 0. The van der Waals surface area contributed by atoms with Crippen LogP contribution in [-0.4, -0.2) is 0 Å². The maximum Gasteiger partial charge on any atom is -0.00943 e. The lowest BCUT2D eigenvalue weighted by molar-refractivity contribution is -0.0487. The van der Waals surface area contributed by atoms with E-state index in [1.165, 1.54) is 6.42 Å². The number of benzene rings is 1. The van der Waals surface area contributed by atoms with Gasteiger partial charge in [-0.05, 0) is 72.7 Å². The van der Waals surface area contributed by atoms with E-state index in [1.54, 1.807) is 37.7 Å². The number of rotatable bonds is 1. The second kappa shape index (κ2) is 2.63. The van der Waals surface area contributed by atoms with Crippen LogP contribution in [0, 0.1) is 22.7 Å². The van der Waals surface area contributed by atoms with Crippen LogP contribution in [0.1, 0.15) is 50.0 Å². The first-order valence-electron chi connectivity index (χ1n) is 7.36. The molecule has 0 heteroatoms. The van der Waals surface area contributed by atoms with Crippen molar-refractivity contribution in [1.29, 1.82) is 0 Å². The van der Waals surface area contributed by atoms with Gasteiger partial charge in [0.2, 0.25) is 0 Å². The smallest absolute Gasteiger partial charge is 0.00943 e. The first-order chi connectivity index (χ1) is 8.31. The topological polar surface area (TPSA) is 0 Å². The molecule has 0 N–H and O–H groups in total. The standard InChI is InChI=1S/C17H20/c1-2-4-14(5-3-1)15-11-16-7-12-6-13(8-16)10-17(15,16)9-12/h1-5,12-13,15H,6-11H2. The second-order valence-electron chi connectivity index (χ2n) is 7.39. The van der Waals surface area contributed by atoms with Gasteiger partial charge in [0.1, 0.15) is 0 Å². The van der Waals surface area contributed by atoms with E-state index >= 15 is 0 Å². The molecule has 6 rings (SSSR count). The van der Waals surface area contributed by atoms with E-state index in [2.05, 4.69) is 30.3 Å². The summed E-state index contributed by atoms with van der Waals surface area (Å²) in [5, 5.41) is 0. The van der Waals surface area contributed by atoms with Gasteiger partial charge in [0.15, 0.2) is 0 Å². The van der Waals surface area contributed by atoms with Gasteiger partial charge in [-0.1, -0.05) is 30.3 Å². The van der Waals surface area contributed by atoms with E-state index in [-0.39, 0.29) is 0 Å². The lowest BCUT2D eigenvalue weighted by atomic mass is 9.45. The monoisotopic (exact) mass is 224 g/mol. The van der Waals surface area contributed by atoms with Crippen LogP contribution in [0.15, 0.2) is 30.3 Å². The summed E-state index contributed by atoms with van der Waals surface area (Å²) < 4.78 is 0. The Bertz CT molecular complexity index is 458. The van der Waals surface area contributed by atoms with Crippen LogP contribution in [0.2, 0.25) is 0 Å². The zero-order valence-electron chi connectivity index (χ0n) is 10.4. The minimum Gasteiger partial charge on any atom is -0.0622 e. The normalized spacial score (nSPS) is 53.5. The molecule has 17 heavy (non-hydrogen) atoms. The SMILES string of the molecule is c1ccc(C2CC34CC5CC(C3)CC24C5)cc1. The molecule has 2 spiro atoms. The molecule has 5 aliphatic rings. The van der Waals surface area contributed by atoms with Gasteiger partial charge in [-0.3, -0.25) is 0 Å². The van der Waals surface area contributed by atoms with Crippen molar-refractivity contribution in [2.24, 2.45) is 22.7 Å². The molecule has 3 unspecified atom stereocenters. The molecule has 1 aromatic carbocycles. The molecule has 0 nitrogen and oxygen atoms in total. The van der Waals surface area contributed by atoms with E-state index < -0.39 is 0 Å². The third-order valence-corrected chi connectivity index (χ3v) is 6.85.